The van der Waals surface area contributed by atoms with Crippen LogP contribution in [0.15, 0.2) is 12.4 Å². The quantitative estimate of drug-likeness (QED) is 0.709. The maximum Gasteiger partial charge on any atom is 0.319 e. The smallest absolute Gasteiger partial charge is 0.319 e. The molecule has 0 aromatic carbocycles. The van der Waals surface area contributed by atoms with Crippen LogP contribution >= 0.6 is 0 Å². The molecule has 0 fully saturated rings. The number of urea groups is 1. The number of hydrogen-bond donors (Lipinski definition) is 3. The van der Waals surface area contributed by atoms with Crippen molar-refractivity contribution in [3.8, 4) is 0 Å². The van der Waals surface area contributed by atoms with Gasteiger partial charge in [0.1, 0.15) is 0 Å². The molecule has 0 atom stereocenters. The highest BCUT2D eigenvalue weighted by Gasteiger charge is 2.05. The van der Waals surface area contributed by atoms with Gasteiger partial charge in [0.25, 0.3) is 0 Å². The van der Waals surface area contributed by atoms with Crippen LogP contribution < -0.4 is 10.6 Å². The fourth-order valence-electron chi connectivity index (χ4n) is 1.36. The van der Waals surface area contributed by atoms with Crippen molar-refractivity contribution in [1.29, 1.82) is 0 Å². The molecule has 0 radical (unpaired) electrons. The molecule has 1 heterocycles. The van der Waals surface area contributed by atoms with Crippen molar-refractivity contribution >= 4 is 17.7 Å². The number of nitrogens with zero attached hydrogens (tertiary/aromatic N) is 2. The third-order valence-corrected chi connectivity index (χ3v) is 2.07. The van der Waals surface area contributed by atoms with Crippen molar-refractivity contribution in [2.24, 2.45) is 5.92 Å². The number of carboxylic acids is 1. The van der Waals surface area contributed by atoms with Crippen LogP contribution in [0.25, 0.3) is 0 Å². The van der Waals surface area contributed by atoms with Gasteiger partial charge in [0.05, 0.1) is 18.3 Å². The predicted molar refractivity (Wildman–Crippen MR) is 66.3 cm³/mol. The first kappa shape index (κ1) is 14.0. The second-order valence-corrected chi connectivity index (χ2v) is 4.37. The summed E-state index contributed by atoms with van der Waals surface area (Å²) in [5.74, 6) is -0.470. The lowest BCUT2D eigenvalue weighted by Crippen LogP contribution is -2.30. The largest absolute Gasteiger partial charge is 0.481 e. The van der Waals surface area contributed by atoms with E-state index in [2.05, 4.69) is 29.6 Å². The van der Waals surface area contributed by atoms with Crippen LogP contribution in [0.1, 0.15) is 20.3 Å². The van der Waals surface area contributed by atoms with E-state index in [1.807, 2.05) is 0 Å². The van der Waals surface area contributed by atoms with E-state index in [0.29, 0.717) is 11.6 Å². The highest BCUT2D eigenvalue weighted by atomic mass is 16.4. The van der Waals surface area contributed by atoms with Crippen LogP contribution in [0.5, 0.6) is 0 Å². The summed E-state index contributed by atoms with van der Waals surface area (Å²) < 4.78 is 1.75. The number of nitrogens with one attached hydrogen (secondary N) is 2. The number of aromatic nitrogens is 2. The van der Waals surface area contributed by atoms with Gasteiger partial charge in [-0.1, -0.05) is 13.8 Å². The Morgan fingerprint density at radius 3 is 2.83 bits per heavy atom. The summed E-state index contributed by atoms with van der Waals surface area (Å²) in [7, 11) is 0. The maximum absolute atomic E-state index is 11.4. The third-order valence-electron chi connectivity index (χ3n) is 2.07. The summed E-state index contributed by atoms with van der Waals surface area (Å²) in [6.45, 7) is 5.03. The summed E-state index contributed by atoms with van der Waals surface area (Å²) in [5, 5.41) is 17.5. The van der Waals surface area contributed by atoms with Crippen molar-refractivity contribution in [3.05, 3.63) is 12.4 Å². The van der Waals surface area contributed by atoms with E-state index in [1.165, 1.54) is 0 Å². The lowest BCUT2D eigenvalue weighted by atomic mass is 10.2. The number of hydrogen-bond acceptors (Lipinski definition) is 3. The molecule has 100 valence electrons. The SMILES string of the molecule is CC(C)Cn1cc(NC(=O)NCCC(=O)O)cn1. The normalized spacial score (nSPS) is 10.4. The Morgan fingerprint density at radius 1 is 1.50 bits per heavy atom. The first-order valence-electron chi connectivity index (χ1n) is 5.76. The van der Waals surface area contributed by atoms with Crippen LogP contribution in [0, 0.1) is 5.92 Å². The molecule has 0 spiro atoms. The van der Waals surface area contributed by atoms with E-state index >= 15 is 0 Å². The molecule has 0 bridgehead atoms. The van der Waals surface area contributed by atoms with E-state index < -0.39 is 12.0 Å². The third kappa shape index (κ3) is 5.33. The van der Waals surface area contributed by atoms with Crippen molar-refractivity contribution in [3.63, 3.8) is 0 Å². The van der Waals surface area contributed by atoms with Gasteiger partial charge in [-0.05, 0) is 5.92 Å². The van der Waals surface area contributed by atoms with Gasteiger partial charge >= 0.3 is 12.0 Å². The number of rotatable bonds is 6. The molecule has 0 unspecified atom stereocenters. The summed E-state index contributed by atoms with van der Waals surface area (Å²) in [5.41, 5.74) is 0.587. The zero-order valence-electron chi connectivity index (χ0n) is 10.5. The van der Waals surface area contributed by atoms with Crippen LogP contribution in [0.2, 0.25) is 0 Å². The number of carbonyl (C=O) groups excluding carboxylic acids is 1. The van der Waals surface area contributed by atoms with Gasteiger partial charge in [-0.15, -0.1) is 0 Å². The summed E-state index contributed by atoms with van der Waals surface area (Å²) in [6, 6.07) is -0.430. The van der Waals surface area contributed by atoms with E-state index in [1.54, 1.807) is 17.1 Å². The highest BCUT2D eigenvalue weighted by Crippen LogP contribution is 2.06. The predicted octanol–water partition coefficient (Wildman–Crippen LogP) is 1.14. The molecule has 7 heteroatoms. The molecule has 0 aliphatic heterocycles. The number of carboxylic acid groups (broad SMARTS) is 1. The molecule has 0 saturated carbocycles. The van der Waals surface area contributed by atoms with Gasteiger partial charge in [-0.2, -0.15) is 5.10 Å². The van der Waals surface area contributed by atoms with Crippen molar-refractivity contribution in [2.75, 3.05) is 11.9 Å². The second kappa shape index (κ2) is 6.63. The van der Waals surface area contributed by atoms with E-state index in [0.717, 1.165) is 6.54 Å². The Bertz CT molecular complexity index is 414. The van der Waals surface area contributed by atoms with E-state index in [9.17, 15) is 9.59 Å². The molecular weight excluding hydrogens is 236 g/mol. The number of aliphatic carboxylic acids is 1. The van der Waals surface area contributed by atoms with Crippen LogP contribution in [0.3, 0.4) is 0 Å². The van der Waals surface area contributed by atoms with Crippen molar-refractivity contribution < 1.29 is 14.7 Å². The number of amides is 2. The number of anilines is 1. The summed E-state index contributed by atoms with van der Waals surface area (Å²) in [6.07, 6.45) is 3.19. The first-order chi connectivity index (χ1) is 8.47. The minimum Gasteiger partial charge on any atom is -0.481 e. The topological polar surface area (TPSA) is 96.2 Å². The Kier molecular flexibility index (Phi) is 5.16. The van der Waals surface area contributed by atoms with Crippen LogP contribution in [0.4, 0.5) is 10.5 Å². The van der Waals surface area contributed by atoms with Crippen molar-refractivity contribution in [2.45, 2.75) is 26.8 Å². The average Bonchev–Trinajstić information content (AvgIpc) is 2.63. The monoisotopic (exact) mass is 254 g/mol. The maximum atomic E-state index is 11.4. The molecule has 0 saturated heterocycles. The fraction of sp³-hybridized carbons (Fsp3) is 0.545. The zero-order chi connectivity index (χ0) is 13.5. The number of carbonyl (C=O) groups is 2. The Morgan fingerprint density at radius 2 is 2.22 bits per heavy atom. The molecule has 0 aliphatic carbocycles. The minimum atomic E-state index is -0.944. The lowest BCUT2D eigenvalue weighted by Gasteiger charge is -2.05. The molecule has 1 rings (SSSR count). The van der Waals surface area contributed by atoms with Gasteiger partial charge in [-0.25, -0.2) is 4.79 Å². The zero-order valence-corrected chi connectivity index (χ0v) is 10.5. The summed E-state index contributed by atoms with van der Waals surface area (Å²) >= 11 is 0. The molecule has 3 N–H and O–H groups in total. The minimum absolute atomic E-state index is 0.0972. The Balaban J connectivity index is 2.35. The second-order valence-electron chi connectivity index (χ2n) is 4.37. The average molecular weight is 254 g/mol. The molecule has 0 aliphatic rings. The Hall–Kier alpha value is -2.05. The molecule has 18 heavy (non-hydrogen) atoms. The first-order valence-corrected chi connectivity index (χ1v) is 5.76. The molecule has 7 nitrogen and oxygen atoms in total. The molecular formula is C11H18N4O3. The van der Waals surface area contributed by atoms with E-state index in [-0.39, 0.29) is 13.0 Å². The lowest BCUT2D eigenvalue weighted by molar-refractivity contribution is -0.136. The summed E-state index contributed by atoms with van der Waals surface area (Å²) in [4.78, 5) is 21.6. The molecule has 1 aromatic rings. The van der Waals surface area contributed by atoms with Gasteiger partial charge < -0.3 is 15.7 Å². The molecule has 2 amide bonds. The van der Waals surface area contributed by atoms with Gasteiger partial charge in [0.2, 0.25) is 0 Å². The van der Waals surface area contributed by atoms with Crippen LogP contribution in [-0.2, 0) is 11.3 Å². The Labute approximate surface area is 105 Å². The standard InChI is InChI=1S/C11H18N4O3/c1-8(2)6-15-7-9(5-13-15)14-11(18)12-4-3-10(16)17/h5,7-8H,3-4,6H2,1-2H3,(H,16,17)(H2,12,14,18). The van der Waals surface area contributed by atoms with Gasteiger partial charge in [0, 0.05) is 19.3 Å². The van der Waals surface area contributed by atoms with E-state index in [4.69, 9.17) is 5.11 Å². The fourth-order valence-corrected chi connectivity index (χ4v) is 1.36. The van der Waals surface area contributed by atoms with Gasteiger partial charge in [0.15, 0.2) is 0 Å². The van der Waals surface area contributed by atoms with Crippen LogP contribution in [-0.4, -0.2) is 33.4 Å². The molecule has 1 aromatic heterocycles. The van der Waals surface area contributed by atoms with Crippen molar-refractivity contribution in [1.82, 2.24) is 15.1 Å². The highest BCUT2D eigenvalue weighted by molar-refractivity contribution is 5.89. The van der Waals surface area contributed by atoms with Gasteiger partial charge in [-0.3, -0.25) is 9.48 Å².